The van der Waals surface area contributed by atoms with Gasteiger partial charge in [-0.05, 0) is 0 Å². The lowest BCUT2D eigenvalue weighted by atomic mass is 10.2. The first kappa shape index (κ1) is 9.18. The van der Waals surface area contributed by atoms with E-state index in [0.717, 1.165) is 0 Å². The fraction of sp³-hybridized carbons (Fsp3) is 0.125. The van der Waals surface area contributed by atoms with Crippen LogP contribution in [-0.2, 0) is 6.54 Å². The highest BCUT2D eigenvalue weighted by Crippen LogP contribution is 2.13. The number of nitro groups is 1. The highest BCUT2D eigenvalue weighted by atomic mass is 16.6. The van der Waals surface area contributed by atoms with Crippen molar-refractivity contribution < 1.29 is 9.66 Å². The van der Waals surface area contributed by atoms with Crippen molar-refractivity contribution in [3.8, 4) is 0 Å². The number of hydrogen-bond donors (Lipinski definition) is 0. The molecule has 1 rings (SSSR count). The van der Waals surface area contributed by atoms with Crippen LogP contribution in [0.3, 0.4) is 0 Å². The fourth-order valence-electron chi connectivity index (χ4n) is 0.972. The molecule has 0 N–H and O–H groups in total. The van der Waals surface area contributed by atoms with E-state index in [1.807, 2.05) is 0 Å². The van der Waals surface area contributed by atoms with E-state index in [1.54, 1.807) is 6.07 Å². The maximum absolute atomic E-state index is 10.5. The zero-order valence-corrected chi connectivity index (χ0v) is 6.84. The second-order valence-corrected chi connectivity index (χ2v) is 2.57. The lowest BCUT2D eigenvalue weighted by Gasteiger charge is -2.00. The minimum atomic E-state index is -0.498. The van der Waals surface area contributed by atoms with Gasteiger partial charge >= 0.3 is 0 Å². The molecule has 1 aromatic rings. The lowest BCUT2D eigenvalue weighted by Crippen LogP contribution is -2.00. The summed E-state index contributed by atoms with van der Waals surface area (Å²) in [7, 11) is 0. The molecule has 0 saturated heterocycles. The summed E-state index contributed by atoms with van der Waals surface area (Å²) in [6.45, 7) is 3.17. The molecule has 0 saturated carbocycles. The van der Waals surface area contributed by atoms with Gasteiger partial charge in [0.1, 0.15) is 6.72 Å². The average Bonchev–Trinajstić information content (AvgIpc) is 2.03. The molecule has 0 radical (unpaired) electrons. The monoisotopic (exact) mass is 180 g/mol. The normalized spacial score (nSPS) is 9.54. The highest BCUT2D eigenvalue weighted by molar-refractivity contribution is 5.34. The van der Waals surface area contributed by atoms with Crippen LogP contribution in [0.15, 0.2) is 24.3 Å². The van der Waals surface area contributed by atoms with Crippen LogP contribution in [0.2, 0.25) is 0 Å². The molecule has 0 bridgehead atoms. The highest BCUT2D eigenvalue weighted by Gasteiger charge is 2.06. The van der Waals surface area contributed by atoms with Crippen molar-refractivity contribution in [2.75, 3.05) is 0 Å². The van der Waals surface area contributed by atoms with Crippen molar-refractivity contribution in [3.05, 3.63) is 45.2 Å². The van der Waals surface area contributed by atoms with Crippen LogP contribution in [0, 0.1) is 15.3 Å². The second-order valence-electron chi connectivity index (χ2n) is 2.57. The quantitative estimate of drug-likeness (QED) is 0.231. The SMILES string of the molecule is C=[N+]([O-])Cc1cccc([N+](=O)[O-])c1. The number of hydrogen-bond acceptors (Lipinski definition) is 3. The van der Waals surface area contributed by atoms with E-state index in [2.05, 4.69) is 6.72 Å². The minimum Gasteiger partial charge on any atom is -0.624 e. The summed E-state index contributed by atoms with van der Waals surface area (Å²) >= 11 is 0. The molecular formula is C8H8N2O3. The standard InChI is InChI=1S/C8H8N2O3/c1-9(11)6-7-3-2-4-8(5-7)10(12)13/h2-5H,1,6H2. The molecule has 0 aliphatic carbocycles. The molecular weight excluding hydrogens is 172 g/mol. The van der Waals surface area contributed by atoms with Crippen molar-refractivity contribution in [1.29, 1.82) is 0 Å². The van der Waals surface area contributed by atoms with Crippen LogP contribution < -0.4 is 0 Å². The van der Waals surface area contributed by atoms with E-state index in [0.29, 0.717) is 10.3 Å². The van der Waals surface area contributed by atoms with Crippen molar-refractivity contribution in [2.45, 2.75) is 6.54 Å². The predicted octanol–water partition coefficient (Wildman–Crippen LogP) is 1.31. The van der Waals surface area contributed by atoms with Crippen LogP contribution in [0.1, 0.15) is 5.56 Å². The summed E-state index contributed by atoms with van der Waals surface area (Å²) in [6.07, 6.45) is 0. The summed E-state index contributed by atoms with van der Waals surface area (Å²) in [5.74, 6) is 0. The predicted molar refractivity (Wildman–Crippen MR) is 47.5 cm³/mol. The first-order valence-corrected chi connectivity index (χ1v) is 3.58. The van der Waals surface area contributed by atoms with Crippen molar-refractivity contribution in [1.82, 2.24) is 0 Å². The molecule has 0 amide bonds. The lowest BCUT2D eigenvalue weighted by molar-refractivity contribution is -0.465. The van der Waals surface area contributed by atoms with Crippen molar-refractivity contribution in [3.63, 3.8) is 0 Å². The van der Waals surface area contributed by atoms with E-state index >= 15 is 0 Å². The molecule has 0 fully saturated rings. The molecule has 0 aliphatic heterocycles. The fourth-order valence-corrected chi connectivity index (χ4v) is 0.972. The van der Waals surface area contributed by atoms with Gasteiger partial charge in [-0.25, -0.2) is 4.74 Å². The Morgan fingerprint density at radius 1 is 1.38 bits per heavy atom. The van der Waals surface area contributed by atoms with Gasteiger partial charge in [-0.1, -0.05) is 12.1 Å². The minimum absolute atomic E-state index is 0.0145. The number of nitrogens with zero attached hydrogens (tertiary/aromatic N) is 2. The Bertz CT molecular complexity index is 349. The molecule has 5 heteroatoms. The zero-order valence-electron chi connectivity index (χ0n) is 6.84. The number of non-ortho nitro benzene ring substituents is 1. The largest absolute Gasteiger partial charge is 0.624 e. The molecule has 0 aliphatic rings. The summed E-state index contributed by atoms with van der Waals surface area (Å²) in [5.41, 5.74) is 0.568. The number of hydroxylamine groups is 1. The summed E-state index contributed by atoms with van der Waals surface area (Å²) in [4.78, 5) is 9.84. The zero-order chi connectivity index (χ0) is 9.84. The van der Waals surface area contributed by atoms with Gasteiger partial charge in [0.15, 0.2) is 6.54 Å². The molecule has 68 valence electrons. The van der Waals surface area contributed by atoms with E-state index in [4.69, 9.17) is 0 Å². The Morgan fingerprint density at radius 2 is 2.08 bits per heavy atom. The summed E-state index contributed by atoms with van der Waals surface area (Å²) in [5, 5.41) is 20.9. The van der Waals surface area contributed by atoms with Crippen LogP contribution in [0.4, 0.5) is 5.69 Å². The van der Waals surface area contributed by atoms with Gasteiger partial charge in [0.2, 0.25) is 0 Å². The molecule has 0 heterocycles. The topological polar surface area (TPSA) is 69.2 Å². The number of benzene rings is 1. The van der Waals surface area contributed by atoms with Gasteiger partial charge in [0.25, 0.3) is 5.69 Å². The molecule has 0 aromatic heterocycles. The maximum Gasteiger partial charge on any atom is 0.269 e. The van der Waals surface area contributed by atoms with Gasteiger partial charge in [-0.3, -0.25) is 10.1 Å². The Balaban J connectivity index is 2.91. The van der Waals surface area contributed by atoms with Crippen LogP contribution in [0.25, 0.3) is 0 Å². The molecule has 0 atom stereocenters. The van der Waals surface area contributed by atoms with Crippen molar-refractivity contribution >= 4 is 12.4 Å². The first-order valence-electron chi connectivity index (χ1n) is 3.58. The van der Waals surface area contributed by atoms with Crippen LogP contribution >= 0.6 is 0 Å². The smallest absolute Gasteiger partial charge is 0.269 e. The average molecular weight is 180 g/mol. The van der Waals surface area contributed by atoms with Gasteiger partial charge in [-0.2, -0.15) is 0 Å². The van der Waals surface area contributed by atoms with E-state index in [9.17, 15) is 15.3 Å². The molecule has 1 aromatic carbocycles. The summed E-state index contributed by atoms with van der Waals surface area (Å²) in [6, 6.07) is 5.91. The molecule has 13 heavy (non-hydrogen) atoms. The number of nitro benzene ring substituents is 1. The molecule has 0 unspecified atom stereocenters. The third-order valence-corrected chi connectivity index (χ3v) is 1.48. The van der Waals surface area contributed by atoms with Gasteiger partial charge in [0.05, 0.1) is 4.92 Å². The maximum atomic E-state index is 10.5. The molecule has 5 nitrogen and oxygen atoms in total. The second kappa shape index (κ2) is 3.66. The van der Waals surface area contributed by atoms with E-state index in [1.165, 1.54) is 18.2 Å². The molecule has 0 spiro atoms. The Labute approximate surface area is 74.7 Å². The van der Waals surface area contributed by atoms with Crippen LogP contribution in [0.5, 0.6) is 0 Å². The Morgan fingerprint density at radius 3 is 2.62 bits per heavy atom. The van der Waals surface area contributed by atoms with Gasteiger partial charge in [-0.15, -0.1) is 0 Å². The van der Waals surface area contributed by atoms with Crippen LogP contribution in [-0.4, -0.2) is 16.4 Å². The van der Waals surface area contributed by atoms with Gasteiger partial charge < -0.3 is 5.21 Å². The van der Waals surface area contributed by atoms with Crippen molar-refractivity contribution in [2.24, 2.45) is 0 Å². The van der Waals surface area contributed by atoms with E-state index in [-0.39, 0.29) is 12.2 Å². The van der Waals surface area contributed by atoms with E-state index < -0.39 is 4.92 Å². The van der Waals surface area contributed by atoms with Gasteiger partial charge in [0, 0.05) is 17.7 Å². The number of rotatable bonds is 3. The Hall–Kier alpha value is -1.91. The first-order chi connectivity index (χ1) is 6.09. The third kappa shape index (κ3) is 2.55. The third-order valence-electron chi connectivity index (χ3n) is 1.48. The summed E-state index contributed by atoms with van der Waals surface area (Å²) < 4.78 is 0.471. The Kier molecular flexibility index (Phi) is 2.59.